The molecule has 152 valence electrons. The van der Waals surface area contributed by atoms with Crippen molar-refractivity contribution in [3.63, 3.8) is 0 Å². The first-order valence-electron chi connectivity index (χ1n) is 9.40. The second-order valence-electron chi connectivity index (χ2n) is 6.93. The van der Waals surface area contributed by atoms with Gasteiger partial charge >= 0.3 is 0 Å². The molecule has 1 saturated heterocycles. The number of piperazine rings is 1. The number of methoxy groups -OCH3 is 1. The average Bonchev–Trinajstić information content (AvgIpc) is 3.38. The highest BCUT2D eigenvalue weighted by atomic mass is 35.5. The standard InChI is InChI=1S/C21H22ClN3O3S/c1-14-19(23-20(28-14)18-4-3-11-29-18)21(26)25-9-7-24(8-10-25)13-15-12-16(22)5-6-17(15)27-2/h3-6,11-12H,7-10,13H2,1-2H3. The fraction of sp³-hybridized carbons (Fsp3) is 0.333. The Hall–Kier alpha value is -2.35. The number of oxazole rings is 1. The number of thiophene rings is 1. The van der Waals surface area contributed by atoms with Gasteiger partial charge in [-0.1, -0.05) is 17.7 Å². The van der Waals surface area contributed by atoms with Gasteiger partial charge in [0.25, 0.3) is 5.91 Å². The Kier molecular flexibility index (Phi) is 5.89. The number of hydrogen-bond acceptors (Lipinski definition) is 6. The number of aryl methyl sites for hydroxylation is 1. The molecule has 3 heterocycles. The SMILES string of the molecule is COc1ccc(Cl)cc1CN1CCN(C(=O)c2nc(-c3cccs3)oc2C)CC1. The van der Waals surface area contributed by atoms with Crippen LogP contribution in [0, 0.1) is 6.92 Å². The summed E-state index contributed by atoms with van der Waals surface area (Å²) < 4.78 is 11.2. The summed E-state index contributed by atoms with van der Waals surface area (Å²) in [5.41, 5.74) is 1.45. The van der Waals surface area contributed by atoms with Crippen molar-refractivity contribution in [3.05, 3.63) is 57.8 Å². The van der Waals surface area contributed by atoms with E-state index in [9.17, 15) is 4.79 Å². The lowest BCUT2D eigenvalue weighted by Crippen LogP contribution is -2.48. The molecule has 1 aliphatic rings. The molecule has 29 heavy (non-hydrogen) atoms. The Morgan fingerprint density at radius 3 is 2.76 bits per heavy atom. The number of carbonyl (C=O) groups excluding carboxylic acids is 1. The minimum atomic E-state index is -0.0750. The molecule has 0 N–H and O–H groups in total. The molecular formula is C21H22ClN3O3S. The molecule has 2 aromatic heterocycles. The van der Waals surface area contributed by atoms with Crippen molar-refractivity contribution < 1.29 is 13.9 Å². The molecule has 0 unspecified atom stereocenters. The molecule has 1 fully saturated rings. The third-order valence-corrected chi connectivity index (χ3v) is 6.12. The Labute approximate surface area is 178 Å². The Bertz CT molecular complexity index is 995. The maximum absolute atomic E-state index is 13.0. The fourth-order valence-electron chi connectivity index (χ4n) is 3.47. The van der Waals surface area contributed by atoms with Crippen LogP contribution in [-0.2, 0) is 6.54 Å². The fourth-order valence-corrected chi connectivity index (χ4v) is 4.31. The van der Waals surface area contributed by atoms with E-state index in [1.165, 1.54) is 0 Å². The molecule has 6 nitrogen and oxygen atoms in total. The van der Waals surface area contributed by atoms with Crippen LogP contribution >= 0.6 is 22.9 Å². The van der Waals surface area contributed by atoms with Gasteiger partial charge in [-0.05, 0) is 36.6 Å². The highest BCUT2D eigenvalue weighted by molar-refractivity contribution is 7.13. The van der Waals surface area contributed by atoms with Gasteiger partial charge in [-0.15, -0.1) is 11.3 Å². The zero-order chi connectivity index (χ0) is 20.4. The van der Waals surface area contributed by atoms with Crippen molar-refractivity contribution >= 4 is 28.8 Å². The van der Waals surface area contributed by atoms with Crippen LogP contribution < -0.4 is 4.74 Å². The van der Waals surface area contributed by atoms with Crippen molar-refractivity contribution in [3.8, 4) is 16.5 Å². The van der Waals surface area contributed by atoms with Gasteiger partial charge in [0.05, 0.1) is 12.0 Å². The van der Waals surface area contributed by atoms with Crippen molar-refractivity contribution in [2.75, 3.05) is 33.3 Å². The van der Waals surface area contributed by atoms with Gasteiger partial charge in [-0.3, -0.25) is 9.69 Å². The maximum atomic E-state index is 13.0. The molecule has 0 saturated carbocycles. The Morgan fingerprint density at radius 1 is 1.28 bits per heavy atom. The monoisotopic (exact) mass is 431 g/mol. The quantitative estimate of drug-likeness (QED) is 0.601. The Morgan fingerprint density at radius 2 is 2.07 bits per heavy atom. The topological polar surface area (TPSA) is 58.8 Å². The molecule has 1 aliphatic heterocycles. The molecule has 8 heteroatoms. The van der Waals surface area contributed by atoms with E-state index in [1.54, 1.807) is 25.4 Å². The zero-order valence-corrected chi connectivity index (χ0v) is 17.9. The van der Waals surface area contributed by atoms with Gasteiger partial charge in [0.15, 0.2) is 5.69 Å². The van der Waals surface area contributed by atoms with Gasteiger partial charge in [-0.2, -0.15) is 0 Å². The predicted octanol–water partition coefficient (Wildman–Crippen LogP) is 4.33. The van der Waals surface area contributed by atoms with Crippen molar-refractivity contribution in [2.45, 2.75) is 13.5 Å². The summed E-state index contributed by atoms with van der Waals surface area (Å²) in [6.45, 7) is 5.35. The van der Waals surface area contributed by atoms with Crippen LogP contribution in [-0.4, -0.2) is 54.0 Å². The number of rotatable bonds is 5. The smallest absolute Gasteiger partial charge is 0.276 e. The summed E-state index contributed by atoms with van der Waals surface area (Å²) >= 11 is 7.68. The number of ether oxygens (including phenoxy) is 1. The number of carbonyl (C=O) groups is 1. The third kappa shape index (κ3) is 4.32. The van der Waals surface area contributed by atoms with Crippen LogP contribution in [0.1, 0.15) is 21.8 Å². The molecule has 1 aromatic carbocycles. The minimum absolute atomic E-state index is 0.0750. The molecule has 0 aliphatic carbocycles. The van der Waals surface area contributed by atoms with Crippen LogP contribution in [0.3, 0.4) is 0 Å². The van der Waals surface area contributed by atoms with Gasteiger partial charge in [0.2, 0.25) is 5.89 Å². The summed E-state index contributed by atoms with van der Waals surface area (Å²) in [5, 5.41) is 2.66. The van der Waals surface area contributed by atoms with Crippen LogP contribution in [0.25, 0.3) is 10.8 Å². The molecule has 0 radical (unpaired) electrons. The normalized spacial score (nSPS) is 14.9. The molecule has 0 atom stereocenters. The van der Waals surface area contributed by atoms with E-state index in [2.05, 4.69) is 9.88 Å². The molecule has 0 spiro atoms. The number of benzene rings is 1. The second kappa shape index (κ2) is 8.57. The Balaban J connectivity index is 1.40. The zero-order valence-electron chi connectivity index (χ0n) is 16.4. The van der Waals surface area contributed by atoms with Crippen molar-refractivity contribution in [2.24, 2.45) is 0 Å². The molecule has 4 rings (SSSR count). The maximum Gasteiger partial charge on any atom is 0.276 e. The molecular weight excluding hydrogens is 410 g/mol. The predicted molar refractivity (Wildman–Crippen MR) is 114 cm³/mol. The number of hydrogen-bond donors (Lipinski definition) is 0. The molecule has 3 aromatic rings. The van der Waals surface area contributed by atoms with Gasteiger partial charge in [0.1, 0.15) is 11.5 Å². The van der Waals surface area contributed by atoms with Crippen LogP contribution in [0.2, 0.25) is 5.02 Å². The van der Waals surface area contributed by atoms with E-state index in [-0.39, 0.29) is 5.91 Å². The first-order chi connectivity index (χ1) is 14.0. The molecule has 1 amide bonds. The van der Waals surface area contributed by atoms with Gasteiger partial charge in [-0.25, -0.2) is 4.98 Å². The minimum Gasteiger partial charge on any atom is -0.496 e. The first-order valence-corrected chi connectivity index (χ1v) is 10.7. The van der Waals surface area contributed by atoms with E-state index < -0.39 is 0 Å². The highest BCUT2D eigenvalue weighted by Gasteiger charge is 2.27. The van der Waals surface area contributed by atoms with E-state index >= 15 is 0 Å². The van der Waals surface area contributed by atoms with Crippen LogP contribution in [0.15, 0.2) is 40.1 Å². The summed E-state index contributed by atoms with van der Waals surface area (Å²) in [7, 11) is 1.66. The van der Waals surface area contributed by atoms with Gasteiger partial charge < -0.3 is 14.1 Å². The van der Waals surface area contributed by atoms with Crippen molar-refractivity contribution in [1.82, 2.24) is 14.8 Å². The average molecular weight is 432 g/mol. The summed E-state index contributed by atoms with van der Waals surface area (Å²) in [6, 6.07) is 9.52. The lowest BCUT2D eigenvalue weighted by molar-refractivity contribution is 0.0620. The van der Waals surface area contributed by atoms with Crippen molar-refractivity contribution in [1.29, 1.82) is 0 Å². The first kappa shape index (κ1) is 19.9. The van der Waals surface area contributed by atoms with Crippen LogP contribution in [0.4, 0.5) is 0 Å². The number of amides is 1. The summed E-state index contributed by atoms with van der Waals surface area (Å²) in [5.74, 6) is 1.82. The highest BCUT2D eigenvalue weighted by Crippen LogP contribution is 2.27. The summed E-state index contributed by atoms with van der Waals surface area (Å²) in [6.07, 6.45) is 0. The number of nitrogens with zero attached hydrogens (tertiary/aromatic N) is 3. The van der Waals surface area contributed by atoms with E-state index in [0.29, 0.717) is 35.5 Å². The lowest BCUT2D eigenvalue weighted by atomic mass is 10.1. The molecule has 0 bridgehead atoms. The van der Waals surface area contributed by atoms with E-state index in [0.717, 1.165) is 35.8 Å². The van der Waals surface area contributed by atoms with Gasteiger partial charge in [0, 0.05) is 43.3 Å². The summed E-state index contributed by atoms with van der Waals surface area (Å²) in [4.78, 5) is 22.5. The third-order valence-electron chi connectivity index (χ3n) is 5.03. The largest absolute Gasteiger partial charge is 0.496 e. The van der Waals surface area contributed by atoms with E-state index in [4.69, 9.17) is 20.8 Å². The van der Waals surface area contributed by atoms with Crippen LogP contribution in [0.5, 0.6) is 5.75 Å². The number of halogens is 1. The number of aromatic nitrogens is 1. The second-order valence-corrected chi connectivity index (χ2v) is 8.31. The van der Waals surface area contributed by atoms with E-state index in [1.807, 2.05) is 40.6 Å². The lowest BCUT2D eigenvalue weighted by Gasteiger charge is -2.34.